The Morgan fingerprint density at radius 1 is 1.36 bits per heavy atom. The van der Waals surface area contributed by atoms with Crippen molar-refractivity contribution in [1.82, 2.24) is 4.90 Å². The lowest BCUT2D eigenvalue weighted by atomic mass is 10.2. The molecule has 11 heavy (non-hydrogen) atoms. The van der Waals surface area contributed by atoms with E-state index >= 15 is 0 Å². The molecular formula is C9H20N2. The average molecular weight is 156 g/mol. The zero-order valence-electron chi connectivity index (χ0n) is 7.77. The standard InChI is InChI=1S/C9H20N2/c1-3-7-11(4-2)9(8-10)5-6-9/h3-8,10H2,1-2H3. The summed E-state index contributed by atoms with van der Waals surface area (Å²) in [6.45, 7) is 7.68. The molecule has 0 unspecified atom stereocenters. The van der Waals surface area contributed by atoms with Crippen molar-refractivity contribution in [2.45, 2.75) is 38.6 Å². The minimum atomic E-state index is 0.421. The molecule has 0 amide bonds. The van der Waals surface area contributed by atoms with Crippen LogP contribution in [-0.2, 0) is 0 Å². The summed E-state index contributed by atoms with van der Waals surface area (Å²) in [4.78, 5) is 2.53. The van der Waals surface area contributed by atoms with Crippen molar-refractivity contribution >= 4 is 0 Å². The Labute approximate surface area is 69.8 Å². The van der Waals surface area contributed by atoms with Gasteiger partial charge in [-0.2, -0.15) is 0 Å². The molecular weight excluding hydrogens is 136 g/mol. The van der Waals surface area contributed by atoms with E-state index in [9.17, 15) is 0 Å². The Bertz CT molecular complexity index is 119. The second kappa shape index (κ2) is 3.55. The molecule has 1 saturated carbocycles. The molecule has 0 aromatic carbocycles. The zero-order valence-corrected chi connectivity index (χ0v) is 7.77. The maximum absolute atomic E-state index is 5.73. The van der Waals surface area contributed by atoms with E-state index in [0.717, 1.165) is 13.1 Å². The number of nitrogens with two attached hydrogens (primary N) is 1. The summed E-state index contributed by atoms with van der Waals surface area (Å²) in [5, 5.41) is 0. The molecule has 0 saturated heterocycles. The predicted octanol–water partition coefficient (Wildman–Crippen LogP) is 1.21. The third kappa shape index (κ3) is 1.74. The van der Waals surface area contributed by atoms with Crippen molar-refractivity contribution in [3.8, 4) is 0 Å². The molecule has 1 aliphatic carbocycles. The third-order valence-electron chi connectivity index (χ3n) is 2.75. The Balaban J connectivity index is 2.40. The van der Waals surface area contributed by atoms with Crippen LogP contribution in [0.4, 0.5) is 0 Å². The van der Waals surface area contributed by atoms with Crippen LogP contribution in [0.3, 0.4) is 0 Å². The van der Waals surface area contributed by atoms with E-state index in [2.05, 4.69) is 18.7 Å². The lowest BCUT2D eigenvalue weighted by Gasteiger charge is -2.29. The van der Waals surface area contributed by atoms with E-state index in [-0.39, 0.29) is 0 Å². The van der Waals surface area contributed by atoms with Crippen molar-refractivity contribution in [1.29, 1.82) is 0 Å². The highest BCUT2D eigenvalue weighted by atomic mass is 15.2. The van der Waals surface area contributed by atoms with Crippen LogP contribution >= 0.6 is 0 Å². The van der Waals surface area contributed by atoms with E-state index in [1.165, 1.54) is 25.8 Å². The molecule has 0 aliphatic heterocycles. The SMILES string of the molecule is CCCN(CC)C1(CN)CC1. The molecule has 66 valence electrons. The molecule has 1 aliphatic rings. The van der Waals surface area contributed by atoms with Gasteiger partial charge in [0.2, 0.25) is 0 Å². The van der Waals surface area contributed by atoms with Gasteiger partial charge < -0.3 is 5.73 Å². The van der Waals surface area contributed by atoms with Gasteiger partial charge in [0.15, 0.2) is 0 Å². The van der Waals surface area contributed by atoms with Crippen LogP contribution in [0.2, 0.25) is 0 Å². The Kier molecular flexibility index (Phi) is 2.90. The fourth-order valence-electron chi connectivity index (χ4n) is 1.79. The van der Waals surface area contributed by atoms with Crippen LogP contribution in [0.5, 0.6) is 0 Å². The van der Waals surface area contributed by atoms with Gasteiger partial charge in [-0.25, -0.2) is 0 Å². The minimum absolute atomic E-state index is 0.421. The maximum atomic E-state index is 5.73. The van der Waals surface area contributed by atoms with Gasteiger partial charge in [-0.1, -0.05) is 13.8 Å². The second-order valence-electron chi connectivity index (χ2n) is 3.51. The smallest absolute Gasteiger partial charge is 0.0333 e. The largest absolute Gasteiger partial charge is 0.329 e. The first-order valence-corrected chi connectivity index (χ1v) is 4.74. The Morgan fingerprint density at radius 2 is 2.00 bits per heavy atom. The molecule has 0 aromatic rings. The lowest BCUT2D eigenvalue weighted by molar-refractivity contribution is 0.192. The molecule has 0 bridgehead atoms. The van der Waals surface area contributed by atoms with Gasteiger partial charge in [-0.3, -0.25) is 4.90 Å². The van der Waals surface area contributed by atoms with Crippen molar-refractivity contribution in [2.24, 2.45) is 5.73 Å². The second-order valence-corrected chi connectivity index (χ2v) is 3.51. The van der Waals surface area contributed by atoms with E-state index in [0.29, 0.717) is 5.54 Å². The van der Waals surface area contributed by atoms with Gasteiger partial charge in [-0.05, 0) is 32.4 Å². The fourth-order valence-corrected chi connectivity index (χ4v) is 1.79. The molecule has 0 atom stereocenters. The van der Waals surface area contributed by atoms with Crippen molar-refractivity contribution in [3.63, 3.8) is 0 Å². The number of nitrogens with zero attached hydrogens (tertiary/aromatic N) is 1. The highest BCUT2D eigenvalue weighted by Gasteiger charge is 2.45. The van der Waals surface area contributed by atoms with Crippen LogP contribution in [0, 0.1) is 0 Å². The molecule has 0 radical (unpaired) electrons. The monoisotopic (exact) mass is 156 g/mol. The first-order valence-electron chi connectivity index (χ1n) is 4.74. The number of likely N-dealkylation sites (N-methyl/N-ethyl adjacent to an activating group) is 1. The summed E-state index contributed by atoms with van der Waals surface area (Å²) >= 11 is 0. The topological polar surface area (TPSA) is 29.3 Å². The van der Waals surface area contributed by atoms with Gasteiger partial charge in [0.1, 0.15) is 0 Å². The molecule has 0 aromatic heterocycles. The van der Waals surface area contributed by atoms with Gasteiger partial charge >= 0.3 is 0 Å². The predicted molar refractivity (Wildman–Crippen MR) is 48.6 cm³/mol. The van der Waals surface area contributed by atoms with Crippen LogP contribution < -0.4 is 5.73 Å². The number of rotatable bonds is 5. The van der Waals surface area contributed by atoms with Crippen LogP contribution in [0.1, 0.15) is 33.1 Å². The molecule has 2 heteroatoms. The summed E-state index contributed by atoms with van der Waals surface area (Å²) in [6.07, 6.45) is 3.88. The minimum Gasteiger partial charge on any atom is -0.329 e. The van der Waals surface area contributed by atoms with E-state index in [4.69, 9.17) is 5.73 Å². The number of hydrogen-bond donors (Lipinski definition) is 1. The summed E-state index contributed by atoms with van der Waals surface area (Å²) in [6, 6.07) is 0. The lowest BCUT2D eigenvalue weighted by Crippen LogP contribution is -2.43. The average Bonchev–Trinajstić information content (AvgIpc) is 2.81. The van der Waals surface area contributed by atoms with Gasteiger partial charge in [0.25, 0.3) is 0 Å². The fraction of sp³-hybridized carbons (Fsp3) is 1.00. The first kappa shape index (κ1) is 9.01. The summed E-state index contributed by atoms with van der Waals surface area (Å²) in [5.74, 6) is 0. The zero-order chi connectivity index (χ0) is 8.32. The molecule has 2 N–H and O–H groups in total. The number of hydrogen-bond acceptors (Lipinski definition) is 2. The van der Waals surface area contributed by atoms with Crippen LogP contribution in [-0.4, -0.2) is 30.1 Å². The van der Waals surface area contributed by atoms with Gasteiger partial charge in [0.05, 0.1) is 0 Å². The molecule has 1 rings (SSSR count). The van der Waals surface area contributed by atoms with Crippen LogP contribution in [0.25, 0.3) is 0 Å². The first-order chi connectivity index (χ1) is 5.29. The van der Waals surface area contributed by atoms with E-state index in [1.807, 2.05) is 0 Å². The third-order valence-corrected chi connectivity index (χ3v) is 2.75. The van der Waals surface area contributed by atoms with Crippen molar-refractivity contribution in [2.75, 3.05) is 19.6 Å². The van der Waals surface area contributed by atoms with Gasteiger partial charge in [0, 0.05) is 12.1 Å². The quantitative estimate of drug-likeness (QED) is 0.648. The van der Waals surface area contributed by atoms with Crippen LogP contribution in [0.15, 0.2) is 0 Å². The summed E-state index contributed by atoms with van der Waals surface area (Å²) in [5.41, 5.74) is 6.16. The van der Waals surface area contributed by atoms with E-state index < -0.39 is 0 Å². The normalized spacial score (nSPS) is 20.7. The maximum Gasteiger partial charge on any atom is 0.0333 e. The van der Waals surface area contributed by atoms with Crippen molar-refractivity contribution < 1.29 is 0 Å². The van der Waals surface area contributed by atoms with E-state index in [1.54, 1.807) is 0 Å². The molecule has 1 fully saturated rings. The molecule has 0 heterocycles. The highest BCUT2D eigenvalue weighted by molar-refractivity contribution is 5.04. The van der Waals surface area contributed by atoms with Gasteiger partial charge in [-0.15, -0.1) is 0 Å². The van der Waals surface area contributed by atoms with Crippen molar-refractivity contribution in [3.05, 3.63) is 0 Å². The molecule has 0 spiro atoms. The molecule has 2 nitrogen and oxygen atoms in total. The summed E-state index contributed by atoms with van der Waals surface area (Å²) < 4.78 is 0. The summed E-state index contributed by atoms with van der Waals surface area (Å²) in [7, 11) is 0. The Morgan fingerprint density at radius 3 is 2.27 bits per heavy atom. The highest BCUT2D eigenvalue weighted by Crippen LogP contribution is 2.40. The Hall–Kier alpha value is -0.0800.